The second-order valence-corrected chi connectivity index (χ2v) is 6.93. The molecule has 1 aromatic carbocycles. The molecule has 112 valence electrons. The van der Waals surface area contributed by atoms with Crippen molar-refractivity contribution in [2.24, 2.45) is 5.92 Å². The minimum absolute atomic E-state index is 0.0772. The van der Waals surface area contributed by atoms with E-state index in [-0.39, 0.29) is 5.78 Å². The zero-order chi connectivity index (χ0) is 14.8. The standard InChI is InChI=1S/C16H19NO3S/c18-13(15-14(16(19)20)17-9-21-15)6-5-10-7-11-3-1-2-4-12(11)8-10/h1-4,10,14-15,17H,5-9H2,(H,19,20)/t14-,15?/m0/s1. The van der Waals surface area contributed by atoms with Gasteiger partial charge in [-0.05, 0) is 36.3 Å². The Bertz CT molecular complexity index is 535. The molecule has 1 aliphatic heterocycles. The number of carboxylic acids is 1. The van der Waals surface area contributed by atoms with Gasteiger partial charge in [-0.3, -0.25) is 14.9 Å². The van der Waals surface area contributed by atoms with Crippen molar-refractivity contribution < 1.29 is 14.7 Å². The lowest BCUT2D eigenvalue weighted by Gasteiger charge is -2.14. The van der Waals surface area contributed by atoms with Crippen LogP contribution in [0.2, 0.25) is 0 Å². The maximum Gasteiger partial charge on any atom is 0.322 e. The monoisotopic (exact) mass is 305 g/mol. The van der Waals surface area contributed by atoms with Crippen molar-refractivity contribution in [3.05, 3.63) is 35.4 Å². The Morgan fingerprint density at radius 3 is 2.52 bits per heavy atom. The smallest absolute Gasteiger partial charge is 0.322 e. The van der Waals surface area contributed by atoms with Crippen LogP contribution in [0.25, 0.3) is 0 Å². The van der Waals surface area contributed by atoms with Crippen LogP contribution in [0.4, 0.5) is 0 Å². The van der Waals surface area contributed by atoms with Crippen molar-refractivity contribution in [1.82, 2.24) is 5.32 Å². The Labute approximate surface area is 128 Å². The van der Waals surface area contributed by atoms with Crippen molar-refractivity contribution in [3.63, 3.8) is 0 Å². The van der Waals surface area contributed by atoms with Crippen LogP contribution in [0.3, 0.4) is 0 Å². The van der Waals surface area contributed by atoms with E-state index in [0.29, 0.717) is 18.2 Å². The zero-order valence-electron chi connectivity index (χ0n) is 11.7. The van der Waals surface area contributed by atoms with E-state index in [2.05, 4.69) is 29.6 Å². The lowest BCUT2D eigenvalue weighted by molar-refractivity contribution is -0.140. The molecule has 3 rings (SSSR count). The first-order chi connectivity index (χ1) is 10.1. The summed E-state index contributed by atoms with van der Waals surface area (Å²) < 4.78 is 0. The fourth-order valence-corrected chi connectivity index (χ4v) is 4.43. The SMILES string of the molecule is O=C(CCC1Cc2ccccc2C1)C1SCN[C@@H]1C(=O)O. The van der Waals surface area contributed by atoms with Crippen LogP contribution in [-0.4, -0.2) is 34.0 Å². The highest BCUT2D eigenvalue weighted by Crippen LogP contribution is 2.31. The van der Waals surface area contributed by atoms with Gasteiger partial charge in [0.1, 0.15) is 11.8 Å². The summed E-state index contributed by atoms with van der Waals surface area (Å²) in [6.45, 7) is 0. The third-order valence-corrected chi connectivity index (χ3v) is 5.61. The number of Topliss-reactive ketones (excluding diaryl/α,β-unsaturated/α-hetero) is 1. The summed E-state index contributed by atoms with van der Waals surface area (Å²) >= 11 is 1.42. The van der Waals surface area contributed by atoms with Crippen molar-refractivity contribution in [3.8, 4) is 0 Å². The van der Waals surface area contributed by atoms with Crippen LogP contribution < -0.4 is 5.32 Å². The van der Waals surface area contributed by atoms with E-state index in [1.165, 1.54) is 22.9 Å². The molecule has 2 atom stereocenters. The van der Waals surface area contributed by atoms with Crippen molar-refractivity contribution >= 4 is 23.5 Å². The number of thioether (sulfide) groups is 1. The van der Waals surface area contributed by atoms with E-state index >= 15 is 0 Å². The number of hydrogen-bond acceptors (Lipinski definition) is 4. The van der Waals surface area contributed by atoms with Gasteiger partial charge in [0.25, 0.3) is 0 Å². The van der Waals surface area contributed by atoms with E-state index in [0.717, 1.165) is 19.3 Å². The first kappa shape index (κ1) is 14.6. The number of ketones is 1. The number of rotatable bonds is 5. The maximum absolute atomic E-state index is 12.3. The molecule has 0 aromatic heterocycles. The number of carboxylic acid groups (broad SMARTS) is 1. The van der Waals surface area contributed by atoms with Gasteiger partial charge in [0.05, 0.1) is 5.25 Å². The minimum Gasteiger partial charge on any atom is -0.480 e. The highest BCUT2D eigenvalue weighted by atomic mass is 32.2. The number of fused-ring (bicyclic) bond motifs is 1. The van der Waals surface area contributed by atoms with E-state index in [4.69, 9.17) is 5.11 Å². The Balaban J connectivity index is 1.52. The molecule has 1 heterocycles. The van der Waals surface area contributed by atoms with Crippen molar-refractivity contribution in [2.75, 3.05) is 5.88 Å². The molecule has 0 radical (unpaired) electrons. The molecule has 1 fully saturated rings. The highest BCUT2D eigenvalue weighted by molar-refractivity contribution is 8.00. The Morgan fingerprint density at radius 2 is 1.90 bits per heavy atom. The average Bonchev–Trinajstić information content (AvgIpc) is 3.10. The zero-order valence-corrected chi connectivity index (χ0v) is 12.6. The van der Waals surface area contributed by atoms with E-state index in [9.17, 15) is 9.59 Å². The fraction of sp³-hybridized carbons (Fsp3) is 0.500. The molecule has 1 aromatic rings. The second kappa shape index (κ2) is 6.20. The molecular weight excluding hydrogens is 286 g/mol. The van der Waals surface area contributed by atoms with Gasteiger partial charge in [-0.25, -0.2) is 0 Å². The maximum atomic E-state index is 12.3. The highest BCUT2D eigenvalue weighted by Gasteiger charge is 2.38. The molecule has 1 aliphatic carbocycles. The summed E-state index contributed by atoms with van der Waals surface area (Å²) in [5.74, 6) is 0.219. The van der Waals surface area contributed by atoms with Gasteiger partial charge in [-0.2, -0.15) is 0 Å². The van der Waals surface area contributed by atoms with Gasteiger partial charge in [0.2, 0.25) is 0 Å². The molecule has 0 spiro atoms. The minimum atomic E-state index is -0.924. The Morgan fingerprint density at radius 1 is 1.24 bits per heavy atom. The number of carbonyl (C=O) groups excluding carboxylic acids is 1. The van der Waals surface area contributed by atoms with Gasteiger partial charge >= 0.3 is 5.97 Å². The van der Waals surface area contributed by atoms with Crippen LogP contribution in [0.1, 0.15) is 24.0 Å². The van der Waals surface area contributed by atoms with Gasteiger partial charge in [-0.1, -0.05) is 24.3 Å². The summed E-state index contributed by atoms with van der Waals surface area (Å²) in [5, 5.41) is 11.5. The van der Waals surface area contributed by atoms with E-state index < -0.39 is 17.3 Å². The fourth-order valence-electron chi connectivity index (χ4n) is 3.27. The summed E-state index contributed by atoms with van der Waals surface area (Å²) in [5.41, 5.74) is 2.80. The predicted octanol–water partition coefficient (Wildman–Crippen LogP) is 1.87. The van der Waals surface area contributed by atoms with Crippen molar-refractivity contribution in [2.45, 2.75) is 37.0 Å². The van der Waals surface area contributed by atoms with Crippen LogP contribution >= 0.6 is 11.8 Å². The molecule has 0 bridgehead atoms. The molecule has 2 aliphatic rings. The Kier molecular flexibility index (Phi) is 4.31. The molecule has 1 unspecified atom stereocenters. The van der Waals surface area contributed by atoms with Crippen LogP contribution in [0.5, 0.6) is 0 Å². The van der Waals surface area contributed by atoms with E-state index in [1.807, 2.05) is 0 Å². The third-order valence-electron chi connectivity index (χ3n) is 4.39. The normalized spacial score (nSPS) is 25.0. The molecule has 0 amide bonds. The summed E-state index contributed by atoms with van der Waals surface area (Å²) in [6.07, 6.45) is 3.43. The van der Waals surface area contributed by atoms with Gasteiger partial charge in [0, 0.05) is 12.3 Å². The molecular formula is C16H19NO3S. The molecule has 21 heavy (non-hydrogen) atoms. The topological polar surface area (TPSA) is 66.4 Å². The third kappa shape index (κ3) is 3.14. The van der Waals surface area contributed by atoms with Crippen LogP contribution in [0.15, 0.2) is 24.3 Å². The lowest BCUT2D eigenvalue weighted by Crippen LogP contribution is -2.41. The first-order valence-corrected chi connectivity index (χ1v) is 8.37. The average molecular weight is 305 g/mol. The summed E-state index contributed by atoms with van der Waals surface area (Å²) in [7, 11) is 0. The number of carbonyl (C=O) groups is 2. The van der Waals surface area contributed by atoms with Crippen LogP contribution in [-0.2, 0) is 22.4 Å². The van der Waals surface area contributed by atoms with Crippen LogP contribution in [0, 0.1) is 5.92 Å². The quantitative estimate of drug-likeness (QED) is 0.869. The van der Waals surface area contributed by atoms with Gasteiger partial charge < -0.3 is 5.11 Å². The van der Waals surface area contributed by atoms with E-state index in [1.54, 1.807) is 0 Å². The Hall–Kier alpha value is -1.33. The number of aliphatic carboxylic acids is 1. The molecule has 0 saturated carbocycles. The number of nitrogens with one attached hydrogen (secondary N) is 1. The summed E-state index contributed by atoms with van der Waals surface area (Å²) in [4.78, 5) is 23.4. The predicted molar refractivity (Wildman–Crippen MR) is 82.4 cm³/mol. The largest absolute Gasteiger partial charge is 0.480 e. The molecule has 5 heteroatoms. The number of hydrogen-bond donors (Lipinski definition) is 2. The van der Waals surface area contributed by atoms with Gasteiger partial charge in [-0.15, -0.1) is 11.8 Å². The summed E-state index contributed by atoms with van der Waals surface area (Å²) in [6, 6.07) is 7.72. The van der Waals surface area contributed by atoms with Gasteiger partial charge in [0.15, 0.2) is 0 Å². The first-order valence-electron chi connectivity index (χ1n) is 7.32. The molecule has 1 saturated heterocycles. The second-order valence-electron chi connectivity index (χ2n) is 5.80. The number of benzene rings is 1. The molecule has 4 nitrogen and oxygen atoms in total. The lowest BCUT2D eigenvalue weighted by atomic mass is 9.96. The van der Waals surface area contributed by atoms with Crippen molar-refractivity contribution in [1.29, 1.82) is 0 Å². The molecule has 2 N–H and O–H groups in total.